The largest absolute Gasteiger partial charge is 0.345 e. The van der Waals surface area contributed by atoms with E-state index in [4.69, 9.17) is 0 Å². The Labute approximate surface area is 866 Å². The van der Waals surface area contributed by atoms with Crippen LogP contribution in [0.4, 0.5) is 34.1 Å². The van der Waals surface area contributed by atoms with Crippen LogP contribution in [-0.2, 0) is 16.2 Å². The van der Waals surface area contributed by atoms with Crippen molar-refractivity contribution in [3.63, 3.8) is 0 Å². The highest BCUT2D eigenvalue weighted by molar-refractivity contribution is 5.89. The van der Waals surface area contributed by atoms with Gasteiger partial charge >= 0.3 is 0 Å². The molecular formula is C141H157N3. The second-order valence-electron chi connectivity index (χ2n) is 42.2. The van der Waals surface area contributed by atoms with Gasteiger partial charge in [-0.3, -0.25) is 0 Å². The van der Waals surface area contributed by atoms with Crippen molar-refractivity contribution in [1.29, 1.82) is 0 Å². The average Bonchev–Trinajstić information content (AvgIpc) is 1.57. The van der Waals surface area contributed by atoms with E-state index in [0.717, 1.165) is 0 Å². The predicted molar refractivity (Wildman–Crippen MR) is 626 cm³/mol. The number of aryl methyl sites for hydroxylation is 3. The fourth-order valence-electron chi connectivity index (χ4n) is 24.0. The molecule has 0 heterocycles. The molecule has 3 heteroatoms. The minimum atomic E-state index is 0.0960. The Kier molecular flexibility index (Phi) is 34.8. The van der Waals surface area contributed by atoms with Crippen molar-refractivity contribution in [2.75, 3.05) is 35.8 Å². The monoisotopic (exact) mass is 1890 g/mol. The first-order valence-corrected chi connectivity index (χ1v) is 55.5. The van der Waals surface area contributed by atoms with Crippen LogP contribution in [0, 0.1) is 20.8 Å². The highest BCUT2D eigenvalue weighted by Crippen LogP contribution is 2.59. The highest BCUT2D eigenvalue weighted by Gasteiger charge is 2.46. The summed E-state index contributed by atoms with van der Waals surface area (Å²) in [6.45, 7) is 20.3. The minimum Gasteiger partial charge on any atom is -0.345 e. The van der Waals surface area contributed by atoms with E-state index in [1.165, 1.54) is 355 Å². The molecule has 3 nitrogen and oxygen atoms in total. The van der Waals surface area contributed by atoms with Gasteiger partial charge in [0.2, 0.25) is 0 Å². The molecule has 0 saturated carbocycles. The lowest BCUT2D eigenvalue weighted by Gasteiger charge is -2.33. The number of benzene rings is 16. The molecule has 19 rings (SSSR count). The first-order valence-electron chi connectivity index (χ1n) is 55.5. The van der Waals surface area contributed by atoms with Crippen molar-refractivity contribution in [2.24, 2.45) is 0 Å². The van der Waals surface area contributed by atoms with Crippen LogP contribution in [0.15, 0.2) is 370 Å². The number of hydrogen-bond donors (Lipinski definition) is 0. The van der Waals surface area contributed by atoms with Crippen molar-refractivity contribution in [3.8, 4) is 111 Å². The molecule has 0 radical (unpaired) electrons. The zero-order chi connectivity index (χ0) is 99.8. The molecule has 16 aromatic carbocycles. The molecule has 0 aromatic heterocycles. The van der Waals surface area contributed by atoms with Crippen molar-refractivity contribution in [1.82, 2.24) is 0 Å². The summed E-state index contributed by atoms with van der Waals surface area (Å²) < 4.78 is 0. The summed E-state index contributed by atoms with van der Waals surface area (Å²) in [6, 6.07) is 139. The van der Waals surface area contributed by atoms with Crippen LogP contribution in [0.3, 0.4) is 0 Å². The summed E-state index contributed by atoms with van der Waals surface area (Å²) in [7, 11) is 6.68. The number of nitrogens with zero attached hydrogens (tertiary/aromatic N) is 3. The van der Waals surface area contributed by atoms with Crippen molar-refractivity contribution < 1.29 is 0 Å². The van der Waals surface area contributed by atoms with Crippen LogP contribution in [0.2, 0.25) is 0 Å². The summed E-state index contributed by atoms with van der Waals surface area (Å²) in [6.07, 6.45) is 38.7. The van der Waals surface area contributed by atoms with Crippen LogP contribution in [0.5, 0.6) is 0 Å². The quantitative estimate of drug-likeness (QED) is 0.0353. The van der Waals surface area contributed by atoms with Gasteiger partial charge in [0.05, 0.1) is 0 Å². The molecule has 0 amide bonds. The molecule has 0 spiro atoms. The van der Waals surface area contributed by atoms with E-state index < -0.39 is 0 Å². The third kappa shape index (κ3) is 23.3. The first kappa shape index (κ1) is 102. The summed E-state index contributed by atoms with van der Waals surface area (Å²) in [5, 5.41) is 0. The SMILES string of the molecule is CCCCCCC1(CCCCCC)c2ccccc2-c2ccc(N(C)c3ccc(-c4cccc(-c5ccc(C)cc5)c4)cc3)cc21.CCCCCCC1(CCCCCC)c2ccccc2-c2ccc(N(C)c3ccc(-c4cccc(-c5cccc(-c6ccc(C)cc6)c5)c4)cc3)cc21.CCCCCCC1(CCCCCC)c2ccccc2-c2ccc(N(C)c3cccc(-c4cccc(-c5cccc(C)c5)c4)c3)cc21. The number of anilines is 6. The van der Waals surface area contributed by atoms with Gasteiger partial charge in [-0.15, -0.1) is 0 Å². The molecule has 0 N–H and O–H groups in total. The van der Waals surface area contributed by atoms with E-state index in [1.54, 1.807) is 33.4 Å². The molecule has 16 aromatic rings. The molecule has 0 fully saturated rings. The van der Waals surface area contributed by atoms with E-state index >= 15 is 0 Å². The van der Waals surface area contributed by atoms with E-state index in [9.17, 15) is 0 Å². The molecule has 0 aliphatic heterocycles. The zero-order valence-corrected chi connectivity index (χ0v) is 88.8. The fourth-order valence-corrected chi connectivity index (χ4v) is 24.0. The predicted octanol–water partition coefficient (Wildman–Crippen LogP) is 41.6. The molecule has 0 bridgehead atoms. The lowest BCUT2D eigenvalue weighted by Crippen LogP contribution is -2.26. The van der Waals surface area contributed by atoms with Gasteiger partial charge in [0, 0.05) is 71.5 Å². The Hall–Kier alpha value is -13.1. The maximum atomic E-state index is 2.54. The molecule has 0 atom stereocenters. The van der Waals surface area contributed by atoms with Crippen LogP contribution < -0.4 is 14.7 Å². The number of rotatable bonds is 43. The topological polar surface area (TPSA) is 9.72 Å². The summed E-state index contributed by atoms with van der Waals surface area (Å²) in [5.74, 6) is 0. The fraction of sp³-hybridized carbons (Fsp3) is 0.319. The normalized spacial score (nSPS) is 12.9. The molecule has 0 unspecified atom stereocenters. The van der Waals surface area contributed by atoms with Crippen molar-refractivity contribution in [3.05, 3.63) is 420 Å². The first-order chi connectivity index (χ1) is 70.6. The van der Waals surface area contributed by atoms with Gasteiger partial charge in [-0.25, -0.2) is 0 Å². The smallest absolute Gasteiger partial charge is 0.0414 e. The van der Waals surface area contributed by atoms with Gasteiger partial charge in [-0.2, -0.15) is 0 Å². The standard InChI is InChI=1S/C51H55N.2C45H51N/c1-5-7-9-13-33-51(34-14-10-8-6-2)49-22-12-11-21-47(49)48-32-31-46(37-50(48)51)52(4)45-29-27-40(28-30-45)42-18-16-20-44(36-42)43-19-15-17-41(35-43)39-25-23-38(3)24-26-39;1-5-7-9-13-28-45(29-14-10-8-6-2)43-25-12-11-24-41(43)42-27-26-40(33-44(42)45)46(4)39-23-17-22-38(32-39)37-21-16-20-36(31-37)35-19-15-18-34(3)30-35;1-5-7-9-13-30-45(31-14-10-8-6-2)43-19-12-11-18-41(43)42-29-28-40(33-44(42)45)46(4)39-26-24-36(25-27-39)38-17-15-16-37(32-38)35-22-20-34(3)21-23-35/h11-12,15-32,35-37H,5-10,13-14,33-34H2,1-4H3;11-12,15-27,30-33H,5-10,13-14,28-29H2,1-4H3;11-12,15-29,32-33H,5-10,13-14,30-31H2,1-4H3. The van der Waals surface area contributed by atoms with Crippen molar-refractivity contribution >= 4 is 34.1 Å². The average molecular weight is 1890 g/mol. The van der Waals surface area contributed by atoms with E-state index in [0.29, 0.717) is 0 Å². The third-order valence-corrected chi connectivity index (χ3v) is 32.3. The Morgan fingerprint density at radius 2 is 0.368 bits per heavy atom. The van der Waals surface area contributed by atoms with E-state index in [1.807, 2.05) is 0 Å². The van der Waals surface area contributed by atoms with E-state index in [-0.39, 0.29) is 16.2 Å². The third-order valence-electron chi connectivity index (χ3n) is 32.3. The van der Waals surface area contributed by atoms with Gasteiger partial charge < -0.3 is 14.7 Å². The Morgan fingerprint density at radius 1 is 0.153 bits per heavy atom. The molecule has 0 saturated heterocycles. The van der Waals surface area contributed by atoms with Crippen LogP contribution in [0.25, 0.3) is 111 Å². The second-order valence-corrected chi connectivity index (χ2v) is 42.2. The van der Waals surface area contributed by atoms with Crippen LogP contribution in [-0.4, -0.2) is 21.1 Å². The van der Waals surface area contributed by atoms with Gasteiger partial charge in [0.15, 0.2) is 0 Å². The molecule has 736 valence electrons. The van der Waals surface area contributed by atoms with Gasteiger partial charge in [-0.05, 0) is 301 Å². The summed E-state index contributed by atoms with van der Waals surface area (Å²) in [5.41, 5.74) is 47.1. The number of unbranched alkanes of at least 4 members (excludes halogenated alkanes) is 18. The zero-order valence-electron chi connectivity index (χ0n) is 88.8. The molecule has 3 aliphatic carbocycles. The molecule has 144 heavy (non-hydrogen) atoms. The Balaban J connectivity index is 0.000000149. The van der Waals surface area contributed by atoms with E-state index in [2.05, 4.69) is 468 Å². The summed E-state index contributed by atoms with van der Waals surface area (Å²) >= 11 is 0. The lowest BCUT2D eigenvalue weighted by atomic mass is 9.70. The highest BCUT2D eigenvalue weighted by atomic mass is 15.1. The number of fused-ring (bicyclic) bond motifs is 9. The lowest BCUT2D eigenvalue weighted by molar-refractivity contribution is 0.401. The van der Waals surface area contributed by atoms with Crippen LogP contribution >= 0.6 is 0 Å². The maximum absolute atomic E-state index is 2.54. The Morgan fingerprint density at radius 3 is 0.646 bits per heavy atom. The maximum Gasteiger partial charge on any atom is 0.0414 e. The summed E-state index contributed by atoms with van der Waals surface area (Å²) in [4.78, 5) is 7.13. The van der Waals surface area contributed by atoms with Gasteiger partial charge in [-0.1, -0.05) is 485 Å². The van der Waals surface area contributed by atoms with Gasteiger partial charge in [0.1, 0.15) is 0 Å². The Bertz CT molecular complexity index is 6850. The second kappa shape index (κ2) is 49.0. The van der Waals surface area contributed by atoms with Crippen LogP contribution in [0.1, 0.15) is 284 Å². The molecular weight excluding hydrogens is 1740 g/mol. The van der Waals surface area contributed by atoms with Gasteiger partial charge in [0.25, 0.3) is 0 Å². The van der Waals surface area contributed by atoms with Crippen molar-refractivity contribution in [2.45, 2.75) is 271 Å². The minimum absolute atomic E-state index is 0.0960. The molecule has 3 aliphatic rings. The number of hydrogen-bond acceptors (Lipinski definition) is 3.